The van der Waals surface area contributed by atoms with Crippen LogP contribution in [0.25, 0.3) is 94.1 Å². The lowest BCUT2D eigenvalue weighted by molar-refractivity contribution is 0.615. The van der Waals surface area contributed by atoms with Crippen molar-refractivity contribution in [3.05, 3.63) is 289 Å². The number of anilines is 3. The van der Waals surface area contributed by atoms with Gasteiger partial charge in [0.2, 0.25) is 0 Å². The van der Waals surface area contributed by atoms with E-state index in [-0.39, 0.29) is 0 Å². The molecule has 2 nitrogen and oxygen atoms in total. The highest BCUT2D eigenvalue weighted by Crippen LogP contribution is 2.47. The van der Waals surface area contributed by atoms with Crippen molar-refractivity contribution in [3.63, 3.8) is 0 Å². The number of benzene rings is 11. The summed E-state index contributed by atoms with van der Waals surface area (Å²) in [7, 11) is 0. The summed E-state index contributed by atoms with van der Waals surface area (Å²) in [4.78, 5) is 2.42. The quantitative estimate of drug-likeness (QED) is 0.138. The lowest BCUT2D eigenvalue weighted by Gasteiger charge is -2.32. The van der Waals surface area contributed by atoms with Crippen molar-refractivity contribution in [2.45, 2.75) is 12.8 Å². The maximum Gasteiger partial charge on any atom is 0.0553 e. The average Bonchev–Trinajstić information content (AvgIpc) is 3.80. The molecule has 0 N–H and O–H groups in total. The van der Waals surface area contributed by atoms with Crippen molar-refractivity contribution in [2.24, 2.45) is 5.92 Å². The van der Waals surface area contributed by atoms with Gasteiger partial charge < -0.3 is 9.47 Å². The molecule has 0 fully saturated rings. The third-order valence-corrected chi connectivity index (χ3v) is 15.4. The number of nitrogens with zero attached hydrogens (tertiary/aromatic N) is 2. The SMILES string of the molecule is CC1C=C(c2ccc(N(c3ccc(-c4ccc5c(ccc6ccccc65)c4)cc3)c3cccc(-c4cc(-c5ccccc5)cc5c4c4ccccc4n5-c4ccccc4)c3)cc2)C=C2C=Cc3ccccc3C21. The third kappa shape index (κ3) is 7.42. The Labute approximate surface area is 426 Å². The molecule has 0 bridgehead atoms. The molecule has 1 aromatic heterocycles. The van der Waals surface area contributed by atoms with Gasteiger partial charge in [-0.25, -0.2) is 0 Å². The zero-order valence-corrected chi connectivity index (χ0v) is 40.5. The lowest BCUT2D eigenvalue weighted by Crippen LogP contribution is -2.17. The third-order valence-electron chi connectivity index (χ3n) is 15.4. The number of hydrogen-bond acceptors (Lipinski definition) is 1. The van der Waals surface area contributed by atoms with Crippen molar-refractivity contribution in [2.75, 3.05) is 4.90 Å². The standard InChI is InChI=1S/C71H50N2/c1-47-41-57(43-56-30-28-52-18-9-11-24-65(52)70(47)56)50-33-38-61(39-34-50)72(60-36-31-49(32-37-60)53-35-40-64-55(42-53)29-27-51-17-8-10-23-63(51)64)62-22-14-19-54(44-62)67-45-58(48-15-4-2-5-16-48)46-69-71(67)66-25-12-13-26-68(66)73(69)59-20-6-3-7-21-59/h2-47,70H,1H3. The molecule has 0 aliphatic heterocycles. The van der Waals surface area contributed by atoms with Gasteiger partial charge in [0.15, 0.2) is 0 Å². The van der Waals surface area contributed by atoms with Gasteiger partial charge in [-0.05, 0) is 161 Å². The second-order valence-electron chi connectivity index (χ2n) is 19.7. The topological polar surface area (TPSA) is 8.17 Å². The molecule has 344 valence electrons. The van der Waals surface area contributed by atoms with Gasteiger partial charge in [-0.15, -0.1) is 0 Å². The Balaban J connectivity index is 0.904. The number of allylic oxidation sites excluding steroid dienone is 5. The minimum Gasteiger partial charge on any atom is -0.310 e. The normalized spacial score (nSPS) is 15.0. The molecule has 1 heterocycles. The Hall–Kier alpha value is -9.24. The van der Waals surface area contributed by atoms with E-state index in [2.05, 4.69) is 289 Å². The number of aromatic nitrogens is 1. The maximum absolute atomic E-state index is 2.47. The molecule has 14 rings (SSSR count). The Bertz CT molecular complexity index is 4190. The molecule has 2 heteroatoms. The zero-order chi connectivity index (χ0) is 48.4. The first kappa shape index (κ1) is 42.6. The summed E-state index contributed by atoms with van der Waals surface area (Å²) in [6.07, 6.45) is 9.47. The molecule has 2 aliphatic rings. The fourth-order valence-electron chi connectivity index (χ4n) is 12.0. The Morgan fingerprint density at radius 3 is 1.86 bits per heavy atom. The minimum atomic E-state index is 0.369. The van der Waals surface area contributed by atoms with Crippen LogP contribution in [0.3, 0.4) is 0 Å². The van der Waals surface area contributed by atoms with Crippen molar-refractivity contribution >= 4 is 72.1 Å². The molecule has 0 saturated carbocycles. The Morgan fingerprint density at radius 2 is 1.04 bits per heavy atom. The van der Waals surface area contributed by atoms with Crippen LogP contribution in [0.5, 0.6) is 0 Å². The molecule has 73 heavy (non-hydrogen) atoms. The van der Waals surface area contributed by atoms with E-state index < -0.39 is 0 Å². The van der Waals surface area contributed by atoms with Crippen LogP contribution < -0.4 is 4.90 Å². The molecule has 2 unspecified atom stereocenters. The summed E-state index contributed by atoms with van der Waals surface area (Å²) in [5, 5.41) is 7.54. The van der Waals surface area contributed by atoms with E-state index >= 15 is 0 Å². The van der Waals surface area contributed by atoms with E-state index in [1.165, 1.54) is 99.0 Å². The van der Waals surface area contributed by atoms with E-state index in [0.717, 1.165) is 28.3 Å². The first-order chi connectivity index (χ1) is 36.1. The van der Waals surface area contributed by atoms with Crippen molar-refractivity contribution in [1.29, 1.82) is 0 Å². The highest BCUT2D eigenvalue weighted by atomic mass is 15.1. The van der Waals surface area contributed by atoms with Crippen LogP contribution in [0.1, 0.15) is 29.5 Å². The lowest BCUT2D eigenvalue weighted by atomic mass is 9.72. The molecule has 0 spiro atoms. The number of hydrogen-bond donors (Lipinski definition) is 0. The zero-order valence-electron chi connectivity index (χ0n) is 40.5. The van der Waals surface area contributed by atoms with E-state index in [9.17, 15) is 0 Å². The first-order valence-electron chi connectivity index (χ1n) is 25.5. The second kappa shape index (κ2) is 17.6. The summed E-state index contributed by atoms with van der Waals surface area (Å²) < 4.78 is 2.43. The number of para-hydroxylation sites is 2. The Kier molecular flexibility index (Phi) is 10.3. The van der Waals surface area contributed by atoms with Crippen LogP contribution in [0, 0.1) is 5.92 Å². The van der Waals surface area contributed by atoms with Crippen molar-refractivity contribution in [3.8, 4) is 39.1 Å². The van der Waals surface area contributed by atoms with Gasteiger partial charge in [-0.3, -0.25) is 0 Å². The maximum atomic E-state index is 2.47. The van der Waals surface area contributed by atoms with Crippen LogP contribution in [0.4, 0.5) is 17.1 Å². The molecular weight excluding hydrogens is 881 g/mol. The molecular formula is C71H50N2. The van der Waals surface area contributed by atoms with Crippen LogP contribution >= 0.6 is 0 Å². The van der Waals surface area contributed by atoms with Gasteiger partial charge in [0.1, 0.15) is 0 Å². The number of rotatable bonds is 8. The molecule has 2 atom stereocenters. The van der Waals surface area contributed by atoms with Crippen LogP contribution in [0.15, 0.2) is 273 Å². The molecule has 0 amide bonds. The fourth-order valence-corrected chi connectivity index (χ4v) is 12.0. The van der Waals surface area contributed by atoms with Gasteiger partial charge in [0.05, 0.1) is 11.0 Å². The fraction of sp³-hybridized carbons (Fsp3) is 0.0423. The van der Waals surface area contributed by atoms with E-state index in [1.807, 2.05) is 0 Å². The van der Waals surface area contributed by atoms with Crippen molar-refractivity contribution < 1.29 is 0 Å². The highest BCUT2D eigenvalue weighted by Gasteiger charge is 2.29. The summed E-state index contributed by atoms with van der Waals surface area (Å²) in [6.45, 7) is 2.36. The van der Waals surface area contributed by atoms with Gasteiger partial charge >= 0.3 is 0 Å². The minimum absolute atomic E-state index is 0.369. The smallest absolute Gasteiger partial charge is 0.0553 e. The van der Waals surface area contributed by atoms with Crippen LogP contribution in [-0.2, 0) is 0 Å². The van der Waals surface area contributed by atoms with Gasteiger partial charge in [0, 0.05) is 39.4 Å². The average molecular weight is 931 g/mol. The van der Waals surface area contributed by atoms with Crippen molar-refractivity contribution in [1.82, 2.24) is 4.57 Å². The van der Waals surface area contributed by atoms with E-state index in [1.54, 1.807) is 0 Å². The summed E-state index contributed by atoms with van der Waals surface area (Å²) >= 11 is 0. The van der Waals surface area contributed by atoms with Gasteiger partial charge in [-0.1, -0.05) is 207 Å². The Morgan fingerprint density at radius 1 is 0.397 bits per heavy atom. The van der Waals surface area contributed by atoms with Gasteiger partial charge in [0.25, 0.3) is 0 Å². The monoisotopic (exact) mass is 930 g/mol. The molecule has 12 aromatic rings. The first-order valence-corrected chi connectivity index (χ1v) is 25.5. The summed E-state index contributed by atoms with van der Waals surface area (Å²) in [6, 6.07) is 91.5. The predicted molar refractivity (Wildman–Crippen MR) is 310 cm³/mol. The second-order valence-corrected chi connectivity index (χ2v) is 19.7. The largest absolute Gasteiger partial charge is 0.310 e. The number of fused-ring (bicyclic) bond motifs is 9. The summed E-state index contributed by atoms with van der Waals surface area (Å²) in [5.74, 6) is 0.739. The molecule has 0 radical (unpaired) electrons. The molecule has 2 aliphatic carbocycles. The van der Waals surface area contributed by atoms with E-state index in [0.29, 0.717) is 11.8 Å². The highest BCUT2D eigenvalue weighted by molar-refractivity contribution is 6.17. The van der Waals surface area contributed by atoms with E-state index in [4.69, 9.17) is 0 Å². The van der Waals surface area contributed by atoms with Gasteiger partial charge in [-0.2, -0.15) is 0 Å². The van der Waals surface area contributed by atoms with Crippen LogP contribution in [-0.4, -0.2) is 4.57 Å². The summed E-state index contributed by atoms with van der Waals surface area (Å²) in [5.41, 5.74) is 20.5. The predicted octanol–water partition coefficient (Wildman–Crippen LogP) is 19.3. The van der Waals surface area contributed by atoms with Crippen LogP contribution in [0.2, 0.25) is 0 Å². The molecule has 11 aromatic carbocycles. The molecule has 0 saturated heterocycles.